The number of para-hydroxylation sites is 1. The molecule has 146 valence electrons. The van der Waals surface area contributed by atoms with Gasteiger partial charge in [0.2, 0.25) is 5.91 Å². The Labute approximate surface area is 159 Å². The van der Waals surface area contributed by atoms with Crippen LogP contribution in [0.15, 0.2) is 49.1 Å². The molecule has 7 heteroatoms. The molecule has 0 unspecified atom stereocenters. The van der Waals surface area contributed by atoms with Gasteiger partial charge in [-0.05, 0) is 25.5 Å². The van der Waals surface area contributed by atoms with Gasteiger partial charge in [0, 0.05) is 32.0 Å². The average molecular weight is 373 g/mol. The zero-order chi connectivity index (χ0) is 19.3. The Morgan fingerprint density at radius 1 is 1.15 bits per heavy atom. The van der Waals surface area contributed by atoms with Gasteiger partial charge in [-0.1, -0.05) is 18.2 Å². The third-order valence-corrected chi connectivity index (χ3v) is 3.98. The van der Waals surface area contributed by atoms with Gasteiger partial charge in [0.1, 0.15) is 5.75 Å². The predicted molar refractivity (Wildman–Crippen MR) is 101 cm³/mol. The fraction of sp³-hybridized carbons (Fsp3) is 0.450. The second-order valence-corrected chi connectivity index (χ2v) is 6.00. The number of benzene rings is 1. The molecule has 0 N–H and O–H groups in total. The van der Waals surface area contributed by atoms with E-state index >= 15 is 0 Å². The van der Waals surface area contributed by atoms with Gasteiger partial charge >= 0.3 is 5.97 Å². The lowest BCUT2D eigenvalue weighted by atomic mass is 10.3. The fourth-order valence-electron chi connectivity index (χ4n) is 2.61. The van der Waals surface area contributed by atoms with Crippen molar-refractivity contribution in [3.63, 3.8) is 0 Å². The van der Waals surface area contributed by atoms with Crippen LogP contribution in [0.2, 0.25) is 0 Å². The van der Waals surface area contributed by atoms with Gasteiger partial charge in [-0.15, -0.1) is 0 Å². The van der Waals surface area contributed by atoms with Crippen LogP contribution in [0.25, 0.3) is 0 Å². The minimum Gasteiger partial charge on any atom is -0.493 e. The van der Waals surface area contributed by atoms with E-state index in [0.717, 1.165) is 18.7 Å². The van der Waals surface area contributed by atoms with Crippen LogP contribution in [-0.4, -0.2) is 52.6 Å². The second-order valence-electron chi connectivity index (χ2n) is 6.00. The van der Waals surface area contributed by atoms with E-state index in [1.165, 1.54) is 0 Å². The van der Waals surface area contributed by atoms with E-state index in [1.807, 2.05) is 41.1 Å². The highest BCUT2D eigenvalue weighted by molar-refractivity contribution is 5.77. The number of nitrogens with zero attached hydrogens (tertiary/aromatic N) is 3. The lowest BCUT2D eigenvalue weighted by Gasteiger charge is -2.22. The van der Waals surface area contributed by atoms with Gasteiger partial charge in [-0.2, -0.15) is 0 Å². The normalized spacial score (nSPS) is 10.4. The van der Waals surface area contributed by atoms with Crippen molar-refractivity contribution in [2.24, 2.45) is 0 Å². The van der Waals surface area contributed by atoms with E-state index in [9.17, 15) is 9.59 Å². The maximum absolute atomic E-state index is 12.6. The summed E-state index contributed by atoms with van der Waals surface area (Å²) in [6, 6.07) is 9.40. The molecule has 1 aromatic heterocycles. The number of carbonyl (C=O) groups excluding carboxylic acids is 2. The molecule has 0 spiro atoms. The molecule has 2 aromatic rings. The summed E-state index contributed by atoms with van der Waals surface area (Å²) in [5.74, 6) is 0.426. The zero-order valence-electron chi connectivity index (χ0n) is 15.8. The minimum atomic E-state index is -0.287. The maximum atomic E-state index is 12.6. The number of aromatic nitrogens is 2. The number of hydrogen-bond acceptors (Lipinski definition) is 5. The van der Waals surface area contributed by atoms with Gasteiger partial charge < -0.3 is 18.9 Å². The summed E-state index contributed by atoms with van der Waals surface area (Å²) in [5, 5.41) is 0. The SMILES string of the molecule is CCOC(=O)CCN(CCCn1ccnc1)C(=O)CCOc1ccccc1. The van der Waals surface area contributed by atoms with Crippen molar-refractivity contribution < 1.29 is 19.1 Å². The number of hydrogen-bond donors (Lipinski definition) is 0. The smallest absolute Gasteiger partial charge is 0.307 e. The zero-order valence-corrected chi connectivity index (χ0v) is 15.8. The first-order chi connectivity index (χ1) is 13.2. The standard InChI is InChI=1S/C20H27N3O4/c1-2-26-20(25)9-14-23(13-6-12-22-15-11-21-17-22)19(24)10-16-27-18-7-4-3-5-8-18/h3-5,7-8,11,15,17H,2,6,9-10,12-14,16H2,1H3. The maximum Gasteiger partial charge on any atom is 0.307 e. The number of amides is 1. The van der Waals surface area contributed by atoms with E-state index < -0.39 is 0 Å². The van der Waals surface area contributed by atoms with Crippen LogP contribution in [-0.2, 0) is 20.9 Å². The molecule has 0 aliphatic carbocycles. The van der Waals surface area contributed by atoms with Crippen LogP contribution in [0.4, 0.5) is 0 Å². The second kappa shape index (κ2) is 11.7. The predicted octanol–water partition coefficient (Wildman–Crippen LogP) is 2.52. The van der Waals surface area contributed by atoms with Gasteiger partial charge in [0.15, 0.2) is 0 Å². The third kappa shape index (κ3) is 7.94. The van der Waals surface area contributed by atoms with Crippen molar-refractivity contribution in [2.45, 2.75) is 32.7 Å². The molecule has 1 amide bonds. The number of imidazole rings is 1. The van der Waals surface area contributed by atoms with Crippen LogP contribution >= 0.6 is 0 Å². The van der Waals surface area contributed by atoms with Crippen LogP contribution in [0.1, 0.15) is 26.2 Å². The molecule has 27 heavy (non-hydrogen) atoms. The Bertz CT molecular complexity index is 674. The lowest BCUT2D eigenvalue weighted by Crippen LogP contribution is -2.35. The number of rotatable bonds is 12. The molecule has 0 saturated carbocycles. The molecule has 2 rings (SSSR count). The molecule has 0 aliphatic rings. The molecule has 0 radical (unpaired) electrons. The third-order valence-electron chi connectivity index (χ3n) is 3.98. The van der Waals surface area contributed by atoms with Gasteiger partial charge in [-0.25, -0.2) is 4.98 Å². The molecular weight excluding hydrogens is 346 g/mol. The Morgan fingerprint density at radius 3 is 2.67 bits per heavy atom. The first-order valence-corrected chi connectivity index (χ1v) is 9.26. The van der Waals surface area contributed by atoms with Crippen molar-refractivity contribution in [1.82, 2.24) is 14.5 Å². The molecule has 7 nitrogen and oxygen atoms in total. The first kappa shape index (κ1) is 20.5. The highest BCUT2D eigenvalue weighted by Crippen LogP contribution is 2.09. The van der Waals surface area contributed by atoms with Crippen LogP contribution in [0.3, 0.4) is 0 Å². The quantitative estimate of drug-likeness (QED) is 0.535. The van der Waals surface area contributed by atoms with Crippen molar-refractivity contribution in [3.05, 3.63) is 49.1 Å². The van der Waals surface area contributed by atoms with E-state index in [-0.39, 0.29) is 24.7 Å². The summed E-state index contributed by atoms with van der Waals surface area (Å²) >= 11 is 0. The van der Waals surface area contributed by atoms with E-state index in [1.54, 1.807) is 24.3 Å². The summed E-state index contributed by atoms with van der Waals surface area (Å²) in [7, 11) is 0. The number of aryl methyl sites for hydroxylation is 1. The lowest BCUT2D eigenvalue weighted by molar-refractivity contribution is -0.144. The molecule has 0 fully saturated rings. The molecule has 1 heterocycles. The van der Waals surface area contributed by atoms with Crippen LogP contribution in [0.5, 0.6) is 5.75 Å². The summed E-state index contributed by atoms with van der Waals surface area (Å²) in [6.45, 7) is 4.11. The first-order valence-electron chi connectivity index (χ1n) is 9.26. The largest absolute Gasteiger partial charge is 0.493 e. The summed E-state index contributed by atoms with van der Waals surface area (Å²) in [6.07, 6.45) is 6.61. The fourth-order valence-corrected chi connectivity index (χ4v) is 2.61. The van der Waals surface area contributed by atoms with Gasteiger partial charge in [-0.3, -0.25) is 9.59 Å². The monoisotopic (exact) mass is 373 g/mol. The number of esters is 1. The topological polar surface area (TPSA) is 73.7 Å². The molecule has 0 bridgehead atoms. The number of ether oxygens (including phenoxy) is 2. The van der Waals surface area contributed by atoms with E-state index in [4.69, 9.17) is 9.47 Å². The Hall–Kier alpha value is -2.83. The highest BCUT2D eigenvalue weighted by atomic mass is 16.5. The van der Waals surface area contributed by atoms with Crippen molar-refractivity contribution >= 4 is 11.9 Å². The van der Waals surface area contributed by atoms with E-state index in [2.05, 4.69) is 4.98 Å². The Kier molecular flexibility index (Phi) is 8.89. The highest BCUT2D eigenvalue weighted by Gasteiger charge is 2.15. The summed E-state index contributed by atoms with van der Waals surface area (Å²) in [4.78, 5) is 29.9. The minimum absolute atomic E-state index is 0.0270. The van der Waals surface area contributed by atoms with Crippen molar-refractivity contribution in [1.29, 1.82) is 0 Å². The molecule has 1 aromatic carbocycles. The average Bonchev–Trinajstić information content (AvgIpc) is 3.19. The summed E-state index contributed by atoms with van der Waals surface area (Å²) < 4.78 is 12.5. The van der Waals surface area contributed by atoms with Crippen LogP contribution < -0.4 is 4.74 Å². The molecule has 0 saturated heterocycles. The molecule has 0 atom stereocenters. The Morgan fingerprint density at radius 2 is 1.96 bits per heavy atom. The van der Waals surface area contributed by atoms with Crippen molar-refractivity contribution in [3.8, 4) is 5.75 Å². The van der Waals surface area contributed by atoms with Crippen LogP contribution in [0, 0.1) is 0 Å². The van der Waals surface area contributed by atoms with E-state index in [0.29, 0.717) is 26.3 Å². The summed E-state index contributed by atoms with van der Waals surface area (Å²) in [5.41, 5.74) is 0. The van der Waals surface area contributed by atoms with Gasteiger partial charge in [0.05, 0.1) is 32.4 Å². The Balaban J connectivity index is 1.80. The van der Waals surface area contributed by atoms with Crippen molar-refractivity contribution in [2.75, 3.05) is 26.3 Å². The number of carbonyl (C=O) groups is 2. The molecular formula is C20H27N3O4. The van der Waals surface area contributed by atoms with Gasteiger partial charge in [0.25, 0.3) is 0 Å². The molecule has 0 aliphatic heterocycles.